The van der Waals surface area contributed by atoms with Gasteiger partial charge in [0.05, 0.1) is 4.90 Å². The number of carbonyl (C=O) groups is 1. The average molecular weight is 338 g/mol. The normalized spacial score (nSPS) is 19.9. The molecule has 1 heterocycles. The topological polar surface area (TPSA) is 66.5 Å². The molecule has 0 aromatic heterocycles. The quantitative estimate of drug-likeness (QED) is 0.914. The molecule has 1 amide bonds. The number of amides is 1. The number of hydrogen-bond donors (Lipinski definition) is 1. The molecule has 1 unspecified atom stereocenters. The first-order valence-corrected chi connectivity index (χ1v) is 9.42. The van der Waals surface area contributed by atoms with Crippen molar-refractivity contribution in [3.05, 3.63) is 29.8 Å². The Hall–Kier alpha value is -1.40. The van der Waals surface area contributed by atoms with Crippen LogP contribution >= 0.6 is 0 Å². The fourth-order valence-corrected chi connectivity index (χ4v) is 3.74. The van der Waals surface area contributed by atoms with Gasteiger partial charge in [0, 0.05) is 26.6 Å². The SMILES string of the molecule is CN1CCC(CNS(=O)(=O)c2ccc(C(C)(C)C)cc2)CC1=O. The predicted molar refractivity (Wildman–Crippen MR) is 90.7 cm³/mol. The van der Waals surface area contributed by atoms with Gasteiger partial charge in [-0.05, 0) is 35.4 Å². The molecule has 0 spiro atoms. The highest BCUT2D eigenvalue weighted by molar-refractivity contribution is 7.89. The van der Waals surface area contributed by atoms with E-state index in [9.17, 15) is 13.2 Å². The Labute approximate surface area is 139 Å². The molecule has 0 saturated carbocycles. The maximum absolute atomic E-state index is 12.4. The number of sulfonamides is 1. The van der Waals surface area contributed by atoms with E-state index in [2.05, 4.69) is 25.5 Å². The van der Waals surface area contributed by atoms with E-state index in [1.807, 2.05) is 12.1 Å². The number of carbonyl (C=O) groups excluding carboxylic acids is 1. The van der Waals surface area contributed by atoms with Gasteiger partial charge < -0.3 is 4.90 Å². The first-order valence-electron chi connectivity index (χ1n) is 7.94. The van der Waals surface area contributed by atoms with E-state index in [0.29, 0.717) is 19.5 Å². The summed E-state index contributed by atoms with van der Waals surface area (Å²) in [5, 5.41) is 0. The summed E-state index contributed by atoms with van der Waals surface area (Å²) in [6.07, 6.45) is 1.23. The standard InChI is InChI=1S/C17H26N2O3S/c1-17(2,3)14-5-7-15(8-6-14)23(21,22)18-12-13-9-10-19(4)16(20)11-13/h5-8,13,18H,9-12H2,1-4H3. The lowest BCUT2D eigenvalue weighted by Crippen LogP contribution is -2.40. The highest BCUT2D eigenvalue weighted by Gasteiger charge is 2.25. The fourth-order valence-electron chi connectivity index (χ4n) is 2.62. The minimum absolute atomic E-state index is 0.00972. The number of benzene rings is 1. The lowest BCUT2D eigenvalue weighted by molar-refractivity contribution is -0.133. The van der Waals surface area contributed by atoms with E-state index in [1.165, 1.54) is 0 Å². The van der Waals surface area contributed by atoms with Gasteiger partial charge in [-0.15, -0.1) is 0 Å². The van der Waals surface area contributed by atoms with Crippen LogP contribution in [0.25, 0.3) is 0 Å². The molecule has 5 nitrogen and oxygen atoms in total. The molecule has 6 heteroatoms. The summed E-state index contributed by atoms with van der Waals surface area (Å²) in [7, 11) is -1.75. The lowest BCUT2D eigenvalue weighted by Gasteiger charge is -2.28. The molecule has 128 valence electrons. The summed E-state index contributed by atoms with van der Waals surface area (Å²) >= 11 is 0. The predicted octanol–water partition coefficient (Wildman–Crippen LogP) is 2.13. The molecular formula is C17H26N2O3S. The molecule has 2 rings (SSSR count). The second kappa shape index (κ2) is 6.61. The molecule has 1 saturated heterocycles. The van der Waals surface area contributed by atoms with E-state index in [4.69, 9.17) is 0 Å². The molecule has 1 atom stereocenters. The van der Waals surface area contributed by atoms with Crippen LogP contribution in [0.15, 0.2) is 29.2 Å². The first-order chi connectivity index (χ1) is 10.6. The Morgan fingerprint density at radius 2 is 1.83 bits per heavy atom. The third-order valence-electron chi connectivity index (χ3n) is 4.35. The molecule has 1 aliphatic rings. The molecule has 0 bridgehead atoms. The molecule has 1 aromatic carbocycles. The monoisotopic (exact) mass is 338 g/mol. The van der Waals surface area contributed by atoms with Crippen molar-refractivity contribution < 1.29 is 13.2 Å². The Balaban J connectivity index is 2.00. The Bertz CT molecular complexity index is 660. The number of piperidine rings is 1. The number of rotatable bonds is 4. The highest BCUT2D eigenvalue weighted by Crippen LogP contribution is 2.23. The largest absolute Gasteiger partial charge is 0.346 e. The summed E-state index contributed by atoms with van der Waals surface area (Å²) in [6, 6.07) is 6.99. The van der Waals surface area contributed by atoms with Gasteiger partial charge in [0.1, 0.15) is 0 Å². The van der Waals surface area contributed by atoms with Crippen LogP contribution in [0.5, 0.6) is 0 Å². The second-order valence-electron chi connectivity index (χ2n) is 7.30. The Morgan fingerprint density at radius 1 is 1.22 bits per heavy atom. The van der Waals surface area contributed by atoms with E-state index < -0.39 is 10.0 Å². The van der Waals surface area contributed by atoms with Crippen LogP contribution in [0.3, 0.4) is 0 Å². The minimum Gasteiger partial charge on any atom is -0.346 e. The van der Waals surface area contributed by atoms with E-state index in [1.54, 1.807) is 24.1 Å². The average Bonchev–Trinajstić information content (AvgIpc) is 2.48. The van der Waals surface area contributed by atoms with Crippen molar-refractivity contribution in [1.29, 1.82) is 0 Å². The lowest BCUT2D eigenvalue weighted by atomic mass is 9.87. The Morgan fingerprint density at radius 3 is 2.35 bits per heavy atom. The zero-order valence-corrected chi connectivity index (χ0v) is 15.1. The van der Waals surface area contributed by atoms with Gasteiger partial charge in [-0.1, -0.05) is 32.9 Å². The first kappa shape index (κ1) is 17.9. The van der Waals surface area contributed by atoms with Crippen LogP contribution in [0, 0.1) is 5.92 Å². The van der Waals surface area contributed by atoms with Crippen molar-refractivity contribution in [3.63, 3.8) is 0 Å². The van der Waals surface area contributed by atoms with E-state index >= 15 is 0 Å². The van der Waals surface area contributed by atoms with Crippen molar-refractivity contribution in [2.24, 2.45) is 5.92 Å². The molecule has 1 aromatic rings. The molecule has 0 aliphatic carbocycles. The number of hydrogen-bond acceptors (Lipinski definition) is 3. The van der Waals surface area contributed by atoms with Gasteiger partial charge in [0.15, 0.2) is 0 Å². The smallest absolute Gasteiger partial charge is 0.240 e. The van der Waals surface area contributed by atoms with Gasteiger partial charge in [0.25, 0.3) is 0 Å². The van der Waals surface area contributed by atoms with Crippen LogP contribution in [-0.2, 0) is 20.2 Å². The maximum Gasteiger partial charge on any atom is 0.240 e. The molecule has 1 fully saturated rings. The molecule has 1 aliphatic heterocycles. The molecule has 23 heavy (non-hydrogen) atoms. The number of likely N-dealkylation sites (tertiary alicyclic amines) is 1. The van der Waals surface area contributed by atoms with Gasteiger partial charge in [0.2, 0.25) is 15.9 Å². The summed E-state index contributed by atoms with van der Waals surface area (Å²) in [5.41, 5.74) is 1.09. The molecular weight excluding hydrogens is 312 g/mol. The van der Waals surface area contributed by atoms with Gasteiger partial charge in [-0.3, -0.25) is 4.79 Å². The van der Waals surface area contributed by atoms with Crippen LogP contribution < -0.4 is 4.72 Å². The van der Waals surface area contributed by atoms with Crippen LogP contribution in [0.1, 0.15) is 39.2 Å². The second-order valence-corrected chi connectivity index (χ2v) is 9.07. The molecule has 1 N–H and O–H groups in total. The van der Waals surface area contributed by atoms with Crippen LogP contribution in [0.4, 0.5) is 0 Å². The van der Waals surface area contributed by atoms with Crippen LogP contribution in [-0.4, -0.2) is 39.4 Å². The fraction of sp³-hybridized carbons (Fsp3) is 0.588. The zero-order valence-electron chi connectivity index (χ0n) is 14.3. The van der Waals surface area contributed by atoms with Crippen molar-refractivity contribution >= 4 is 15.9 Å². The van der Waals surface area contributed by atoms with Crippen molar-refractivity contribution in [3.8, 4) is 0 Å². The van der Waals surface area contributed by atoms with Crippen molar-refractivity contribution in [1.82, 2.24) is 9.62 Å². The molecule has 0 radical (unpaired) electrons. The summed E-state index contributed by atoms with van der Waals surface area (Å²) < 4.78 is 27.4. The third kappa shape index (κ3) is 4.54. The zero-order chi connectivity index (χ0) is 17.3. The summed E-state index contributed by atoms with van der Waals surface area (Å²) in [4.78, 5) is 13.6. The van der Waals surface area contributed by atoms with E-state index in [0.717, 1.165) is 12.0 Å². The third-order valence-corrected chi connectivity index (χ3v) is 5.79. The van der Waals surface area contributed by atoms with Crippen molar-refractivity contribution in [2.75, 3.05) is 20.1 Å². The van der Waals surface area contributed by atoms with E-state index in [-0.39, 0.29) is 22.1 Å². The maximum atomic E-state index is 12.4. The number of nitrogens with zero attached hydrogens (tertiary/aromatic N) is 1. The Kier molecular flexibility index (Phi) is 5.16. The van der Waals surface area contributed by atoms with Gasteiger partial charge in [-0.25, -0.2) is 13.1 Å². The minimum atomic E-state index is -3.53. The van der Waals surface area contributed by atoms with Gasteiger partial charge in [-0.2, -0.15) is 0 Å². The van der Waals surface area contributed by atoms with Crippen molar-refractivity contribution in [2.45, 2.75) is 43.9 Å². The highest BCUT2D eigenvalue weighted by atomic mass is 32.2. The summed E-state index contributed by atoms with van der Waals surface area (Å²) in [6.45, 7) is 7.26. The van der Waals surface area contributed by atoms with Crippen LogP contribution in [0.2, 0.25) is 0 Å². The number of nitrogens with one attached hydrogen (secondary N) is 1. The summed E-state index contributed by atoms with van der Waals surface area (Å²) in [5.74, 6) is 0.150. The van der Waals surface area contributed by atoms with Gasteiger partial charge >= 0.3 is 0 Å².